The van der Waals surface area contributed by atoms with Crippen LogP contribution in [0.25, 0.3) is 0 Å². The Bertz CT molecular complexity index is 673. The summed E-state index contributed by atoms with van der Waals surface area (Å²) in [7, 11) is 0. The van der Waals surface area contributed by atoms with Gasteiger partial charge in [-0.15, -0.1) is 0 Å². The summed E-state index contributed by atoms with van der Waals surface area (Å²) in [6.07, 6.45) is 0.0727. The van der Waals surface area contributed by atoms with Gasteiger partial charge in [-0.3, -0.25) is 4.79 Å². The molecular weight excluding hydrogens is 339 g/mol. The minimum absolute atomic E-state index is 0.0727. The van der Waals surface area contributed by atoms with Crippen LogP contribution in [0.15, 0.2) is 42.5 Å². The molecule has 122 valence electrons. The number of hydrogen-bond donors (Lipinski definition) is 0. The maximum absolute atomic E-state index is 11.8. The molecule has 0 heterocycles. The fraction of sp³-hybridized carbons (Fsp3) is 0.235. The lowest BCUT2D eigenvalue weighted by Crippen LogP contribution is -2.13. The molecule has 0 unspecified atom stereocenters. The molecule has 6 heteroatoms. The third-order valence-corrected chi connectivity index (χ3v) is 3.65. The van der Waals surface area contributed by atoms with Gasteiger partial charge >= 0.3 is 5.97 Å². The molecule has 4 nitrogen and oxygen atoms in total. The zero-order chi connectivity index (χ0) is 16.7. The van der Waals surface area contributed by atoms with Crippen LogP contribution in [0.5, 0.6) is 17.2 Å². The van der Waals surface area contributed by atoms with Gasteiger partial charge in [-0.05, 0) is 31.2 Å². The lowest BCUT2D eigenvalue weighted by atomic mass is 10.3. The van der Waals surface area contributed by atoms with Crippen molar-refractivity contribution in [1.29, 1.82) is 0 Å². The zero-order valence-corrected chi connectivity index (χ0v) is 14.1. The Morgan fingerprint density at radius 1 is 0.957 bits per heavy atom. The third kappa shape index (κ3) is 5.05. The van der Waals surface area contributed by atoms with Gasteiger partial charge < -0.3 is 14.2 Å². The standard InChI is InChI=1S/C17H16Cl2O4/c1-2-21-13-7-3-4-8-14(13)22-11-10-16(20)23-15-9-5-6-12(18)17(15)19/h3-9H,2,10-11H2,1H3. The van der Waals surface area contributed by atoms with E-state index in [-0.39, 0.29) is 23.8 Å². The molecule has 0 N–H and O–H groups in total. The molecule has 0 spiro atoms. The van der Waals surface area contributed by atoms with E-state index in [1.807, 2.05) is 25.1 Å². The van der Waals surface area contributed by atoms with Gasteiger partial charge in [-0.1, -0.05) is 41.4 Å². The molecule has 0 aliphatic heterocycles. The summed E-state index contributed by atoms with van der Waals surface area (Å²) in [6, 6.07) is 12.1. The largest absolute Gasteiger partial charge is 0.490 e. The third-order valence-electron chi connectivity index (χ3n) is 2.85. The number of carbonyl (C=O) groups is 1. The van der Waals surface area contributed by atoms with Crippen molar-refractivity contribution in [3.63, 3.8) is 0 Å². The number of rotatable bonds is 7. The summed E-state index contributed by atoms with van der Waals surface area (Å²) in [5.41, 5.74) is 0. The van der Waals surface area contributed by atoms with E-state index < -0.39 is 5.97 Å². The van der Waals surface area contributed by atoms with Crippen LogP contribution in [0.1, 0.15) is 13.3 Å². The summed E-state index contributed by atoms with van der Waals surface area (Å²) in [4.78, 5) is 11.8. The summed E-state index contributed by atoms with van der Waals surface area (Å²) < 4.78 is 16.2. The lowest BCUT2D eigenvalue weighted by molar-refractivity contribution is -0.134. The molecule has 0 saturated heterocycles. The smallest absolute Gasteiger partial charge is 0.314 e. The Hall–Kier alpha value is -1.91. The lowest BCUT2D eigenvalue weighted by Gasteiger charge is -2.11. The summed E-state index contributed by atoms with van der Waals surface area (Å²) in [6.45, 7) is 2.60. The second-order valence-electron chi connectivity index (χ2n) is 4.50. The van der Waals surface area contributed by atoms with Crippen LogP contribution < -0.4 is 14.2 Å². The van der Waals surface area contributed by atoms with Gasteiger partial charge in [0.25, 0.3) is 0 Å². The number of esters is 1. The second-order valence-corrected chi connectivity index (χ2v) is 5.29. The van der Waals surface area contributed by atoms with Crippen LogP contribution in [-0.4, -0.2) is 19.2 Å². The Labute approximate surface area is 144 Å². The molecule has 23 heavy (non-hydrogen) atoms. The number of para-hydroxylation sites is 2. The average molecular weight is 355 g/mol. The molecule has 0 aromatic heterocycles. The zero-order valence-electron chi connectivity index (χ0n) is 12.6. The quantitative estimate of drug-likeness (QED) is 0.530. The van der Waals surface area contributed by atoms with Gasteiger partial charge in [-0.25, -0.2) is 0 Å². The van der Waals surface area contributed by atoms with Crippen molar-refractivity contribution in [1.82, 2.24) is 0 Å². The van der Waals surface area contributed by atoms with E-state index >= 15 is 0 Å². The van der Waals surface area contributed by atoms with E-state index in [2.05, 4.69) is 0 Å². The Morgan fingerprint density at radius 2 is 1.61 bits per heavy atom. The fourth-order valence-electron chi connectivity index (χ4n) is 1.82. The van der Waals surface area contributed by atoms with E-state index in [0.717, 1.165) is 0 Å². The normalized spacial score (nSPS) is 10.2. The molecule has 0 radical (unpaired) electrons. The van der Waals surface area contributed by atoms with Crippen LogP contribution in [-0.2, 0) is 4.79 Å². The van der Waals surface area contributed by atoms with E-state index in [1.54, 1.807) is 24.3 Å². The number of carbonyl (C=O) groups excluding carboxylic acids is 1. The fourth-order valence-corrected chi connectivity index (χ4v) is 2.16. The van der Waals surface area contributed by atoms with Crippen LogP contribution >= 0.6 is 23.2 Å². The molecule has 0 saturated carbocycles. The maximum atomic E-state index is 11.8. The second kappa shape index (κ2) is 8.65. The van der Waals surface area contributed by atoms with Crippen molar-refractivity contribution in [2.45, 2.75) is 13.3 Å². The number of hydrogen-bond acceptors (Lipinski definition) is 4. The highest BCUT2D eigenvalue weighted by Crippen LogP contribution is 2.31. The molecule has 0 amide bonds. The minimum atomic E-state index is -0.456. The average Bonchev–Trinajstić information content (AvgIpc) is 2.54. The Balaban J connectivity index is 1.87. The first kappa shape index (κ1) is 17.4. The first-order valence-corrected chi connectivity index (χ1v) is 7.86. The number of ether oxygens (including phenoxy) is 3. The van der Waals surface area contributed by atoms with Gasteiger partial charge in [0.2, 0.25) is 0 Å². The van der Waals surface area contributed by atoms with Gasteiger partial charge in [0.05, 0.1) is 24.7 Å². The monoisotopic (exact) mass is 354 g/mol. The number of halogens is 2. The van der Waals surface area contributed by atoms with E-state index in [9.17, 15) is 4.79 Å². The van der Waals surface area contributed by atoms with Gasteiger partial charge in [-0.2, -0.15) is 0 Å². The van der Waals surface area contributed by atoms with Gasteiger partial charge in [0, 0.05) is 0 Å². The highest BCUT2D eigenvalue weighted by molar-refractivity contribution is 6.43. The molecule has 0 bridgehead atoms. The first-order valence-electron chi connectivity index (χ1n) is 7.11. The van der Waals surface area contributed by atoms with Crippen LogP contribution in [0, 0.1) is 0 Å². The molecule has 2 aromatic rings. The topological polar surface area (TPSA) is 44.8 Å². The molecular formula is C17H16Cl2O4. The predicted molar refractivity (Wildman–Crippen MR) is 89.8 cm³/mol. The van der Waals surface area contributed by atoms with E-state index in [0.29, 0.717) is 23.1 Å². The van der Waals surface area contributed by atoms with Crippen LogP contribution in [0.4, 0.5) is 0 Å². The van der Waals surface area contributed by atoms with E-state index in [1.165, 1.54) is 0 Å². The summed E-state index contributed by atoms with van der Waals surface area (Å²) in [5.74, 6) is 1.01. The summed E-state index contributed by atoms with van der Waals surface area (Å²) >= 11 is 11.8. The van der Waals surface area contributed by atoms with Crippen molar-refractivity contribution >= 4 is 29.2 Å². The Morgan fingerprint density at radius 3 is 2.30 bits per heavy atom. The highest BCUT2D eigenvalue weighted by atomic mass is 35.5. The van der Waals surface area contributed by atoms with Crippen molar-refractivity contribution in [3.8, 4) is 17.2 Å². The van der Waals surface area contributed by atoms with Crippen molar-refractivity contribution in [3.05, 3.63) is 52.5 Å². The molecule has 0 fully saturated rings. The molecule has 0 aliphatic rings. The molecule has 2 aromatic carbocycles. The molecule has 2 rings (SSSR count). The molecule has 0 aliphatic carbocycles. The first-order chi connectivity index (χ1) is 11.1. The van der Waals surface area contributed by atoms with Crippen molar-refractivity contribution in [2.24, 2.45) is 0 Å². The van der Waals surface area contributed by atoms with Gasteiger partial charge in [0.1, 0.15) is 5.02 Å². The van der Waals surface area contributed by atoms with Crippen LogP contribution in [0.2, 0.25) is 10.0 Å². The minimum Gasteiger partial charge on any atom is -0.490 e. The SMILES string of the molecule is CCOc1ccccc1OCCC(=O)Oc1cccc(Cl)c1Cl. The van der Waals surface area contributed by atoms with E-state index in [4.69, 9.17) is 37.4 Å². The van der Waals surface area contributed by atoms with Crippen LogP contribution in [0.3, 0.4) is 0 Å². The Kier molecular flexibility index (Phi) is 6.56. The highest BCUT2D eigenvalue weighted by Gasteiger charge is 2.11. The number of benzene rings is 2. The molecule has 0 atom stereocenters. The maximum Gasteiger partial charge on any atom is 0.314 e. The predicted octanol–water partition coefficient (Wildman–Crippen LogP) is 4.77. The van der Waals surface area contributed by atoms with Crippen molar-refractivity contribution in [2.75, 3.05) is 13.2 Å². The van der Waals surface area contributed by atoms with Crippen molar-refractivity contribution < 1.29 is 19.0 Å². The van der Waals surface area contributed by atoms with Gasteiger partial charge in [0.15, 0.2) is 17.2 Å². The summed E-state index contributed by atoms with van der Waals surface area (Å²) in [5, 5.41) is 0.545.